The topological polar surface area (TPSA) is 84.9 Å². The van der Waals surface area contributed by atoms with Gasteiger partial charge in [0.1, 0.15) is 22.2 Å². The zero-order valence-corrected chi connectivity index (χ0v) is 18.4. The first-order valence-corrected chi connectivity index (χ1v) is 11.2. The molecule has 0 atom stereocenters. The molecule has 1 N–H and O–H groups in total. The van der Waals surface area contributed by atoms with Crippen molar-refractivity contribution in [2.24, 2.45) is 0 Å². The van der Waals surface area contributed by atoms with E-state index in [4.69, 9.17) is 9.47 Å². The number of hydrogen-bond donors (Lipinski definition) is 1. The Morgan fingerprint density at radius 3 is 2.38 bits per heavy atom. The summed E-state index contributed by atoms with van der Waals surface area (Å²) in [6.45, 7) is 1.11. The van der Waals surface area contributed by atoms with Gasteiger partial charge in [0.15, 0.2) is 5.75 Å². The lowest BCUT2D eigenvalue weighted by Gasteiger charge is -2.21. The zero-order valence-electron chi connectivity index (χ0n) is 17.6. The highest BCUT2D eigenvalue weighted by Gasteiger charge is 2.29. The molecule has 0 aliphatic carbocycles. The fraction of sp³-hybridized carbons (Fsp3) is 0.174. The van der Waals surface area contributed by atoms with Crippen LogP contribution >= 0.6 is 0 Å². The largest absolute Gasteiger partial charge is 0.495 e. The molecule has 3 aromatic carbocycles. The van der Waals surface area contributed by atoms with Gasteiger partial charge < -0.3 is 14.8 Å². The second-order valence-electron chi connectivity index (χ2n) is 6.69. The van der Waals surface area contributed by atoms with Gasteiger partial charge in [0.25, 0.3) is 0 Å². The molecule has 9 heteroatoms. The summed E-state index contributed by atoms with van der Waals surface area (Å²) in [7, 11) is -2.90. The third-order valence-electron chi connectivity index (χ3n) is 4.55. The zero-order chi connectivity index (χ0) is 23.1. The fourth-order valence-electron chi connectivity index (χ4n) is 2.98. The Hall–Kier alpha value is -3.43. The van der Waals surface area contributed by atoms with E-state index in [0.717, 1.165) is 16.4 Å². The van der Waals surface area contributed by atoms with E-state index in [1.807, 2.05) is 18.2 Å². The standard InChI is InChI=1S/C23H23FN2O5S/c1-3-26(32(28,29)22-15-17(24)13-14-21(22)30-2)16-23(27)25-19-11-7-8-12-20(19)31-18-9-5-4-6-10-18/h4-15H,3,16H2,1-2H3,(H,25,27). The molecular formula is C23H23FN2O5S. The average Bonchev–Trinajstić information content (AvgIpc) is 2.79. The van der Waals surface area contributed by atoms with Crippen molar-refractivity contribution in [2.75, 3.05) is 25.5 Å². The maximum atomic E-state index is 13.7. The van der Waals surface area contributed by atoms with Gasteiger partial charge in [-0.05, 0) is 42.5 Å². The van der Waals surface area contributed by atoms with Crippen LogP contribution in [0.2, 0.25) is 0 Å². The van der Waals surface area contributed by atoms with Crippen molar-refractivity contribution in [3.63, 3.8) is 0 Å². The predicted octanol–water partition coefficient (Wildman–Crippen LogP) is 4.28. The van der Waals surface area contributed by atoms with Crippen molar-refractivity contribution in [2.45, 2.75) is 11.8 Å². The Balaban J connectivity index is 1.79. The molecule has 0 fully saturated rings. The second-order valence-corrected chi connectivity index (χ2v) is 8.59. The van der Waals surface area contributed by atoms with Crippen molar-refractivity contribution in [1.29, 1.82) is 0 Å². The summed E-state index contributed by atoms with van der Waals surface area (Å²) >= 11 is 0. The molecule has 168 valence electrons. The number of anilines is 1. The maximum absolute atomic E-state index is 13.7. The molecular weight excluding hydrogens is 435 g/mol. The molecule has 0 spiro atoms. The number of amides is 1. The minimum Gasteiger partial charge on any atom is -0.495 e. The number of likely N-dealkylation sites (N-methyl/N-ethyl adjacent to an activating group) is 1. The minimum absolute atomic E-state index is 0.00240. The van der Waals surface area contributed by atoms with Crippen LogP contribution in [0.5, 0.6) is 17.2 Å². The normalized spacial score (nSPS) is 11.2. The summed E-state index contributed by atoms with van der Waals surface area (Å²) in [6.07, 6.45) is 0. The molecule has 0 saturated carbocycles. The van der Waals surface area contributed by atoms with E-state index in [1.165, 1.54) is 13.2 Å². The molecule has 7 nitrogen and oxygen atoms in total. The second kappa shape index (κ2) is 10.3. The summed E-state index contributed by atoms with van der Waals surface area (Å²) < 4.78 is 51.7. The van der Waals surface area contributed by atoms with Crippen LogP contribution in [0.3, 0.4) is 0 Å². The van der Waals surface area contributed by atoms with Gasteiger partial charge in [-0.3, -0.25) is 4.79 Å². The summed E-state index contributed by atoms with van der Waals surface area (Å²) in [4.78, 5) is 12.4. The van der Waals surface area contributed by atoms with Crippen molar-refractivity contribution < 1.29 is 27.1 Å². The smallest absolute Gasteiger partial charge is 0.247 e. The Labute approximate surface area is 186 Å². The first-order chi connectivity index (χ1) is 15.3. The summed E-state index contributed by atoms with van der Waals surface area (Å²) in [5.74, 6) is -0.312. The molecule has 0 heterocycles. The van der Waals surface area contributed by atoms with Gasteiger partial charge in [-0.15, -0.1) is 0 Å². The highest BCUT2D eigenvalue weighted by atomic mass is 32.2. The summed E-state index contributed by atoms with van der Waals surface area (Å²) in [5.41, 5.74) is 0.387. The van der Waals surface area contributed by atoms with E-state index < -0.39 is 28.3 Å². The third-order valence-corrected chi connectivity index (χ3v) is 6.49. The number of rotatable bonds is 9. The van der Waals surface area contributed by atoms with Crippen LogP contribution in [0.15, 0.2) is 77.7 Å². The first kappa shape index (κ1) is 23.2. The van der Waals surface area contributed by atoms with Gasteiger partial charge in [0.2, 0.25) is 15.9 Å². The molecule has 3 rings (SSSR count). The Bertz CT molecular complexity index is 1190. The third kappa shape index (κ3) is 5.43. The lowest BCUT2D eigenvalue weighted by Crippen LogP contribution is -2.38. The number of methoxy groups -OCH3 is 1. The molecule has 32 heavy (non-hydrogen) atoms. The fourth-order valence-corrected chi connectivity index (χ4v) is 4.55. The molecule has 0 radical (unpaired) electrons. The number of para-hydroxylation sites is 3. The molecule has 3 aromatic rings. The molecule has 0 aliphatic rings. The molecule has 0 saturated heterocycles. The number of sulfonamides is 1. The lowest BCUT2D eigenvalue weighted by molar-refractivity contribution is -0.116. The number of benzene rings is 3. The molecule has 0 bridgehead atoms. The highest BCUT2D eigenvalue weighted by molar-refractivity contribution is 7.89. The Morgan fingerprint density at radius 1 is 1.00 bits per heavy atom. The SMILES string of the molecule is CCN(CC(=O)Nc1ccccc1Oc1ccccc1)S(=O)(=O)c1cc(F)ccc1OC. The van der Waals surface area contributed by atoms with Crippen molar-refractivity contribution >= 4 is 21.6 Å². The summed E-state index contributed by atoms with van der Waals surface area (Å²) in [5, 5.41) is 2.68. The average molecular weight is 459 g/mol. The Kier molecular flexibility index (Phi) is 7.45. The van der Waals surface area contributed by atoms with Crippen molar-refractivity contribution in [3.05, 3.63) is 78.6 Å². The first-order valence-electron chi connectivity index (χ1n) is 9.80. The maximum Gasteiger partial charge on any atom is 0.247 e. The molecule has 0 aliphatic heterocycles. The van der Waals surface area contributed by atoms with Crippen LogP contribution in [-0.2, 0) is 14.8 Å². The van der Waals surface area contributed by atoms with E-state index in [-0.39, 0.29) is 17.2 Å². The van der Waals surface area contributed by atoms with Gasteiger partial charge in [-0.1, -0.05) is 37.3 Å². The van der Waals surface area contributed by atoms with E-state index in [1.54, 1.807) is 43.3 Å². The van der Waals surface area contributed by atoms with Gasteiger partial charge in [-0.2, -0.15) is 4.31 Å². The van der Waals surface area contributed by atoms with E-state index >= 15 is 0 Å². The molecule has 1 amide bonds. The van der Waals surface area contributed by atoms with Crippen LogP contribution in [0.4, 0.5) is 10.1 Å². The van der Waals surface area contributed by atoms with Crippen LogP contribution in [0.25, 0.3) is 0 Å². The van der Waals surface area contributed by atoms with Crippen LogP contribution in [-0.4, -0.2) is 38.8 Å². The number of ether oxygens (including phenoxy) is 2. The van der Waals surface area contributed by atoms with Crippen molar-refractivity contribution in [1.82, 2.24) is 4.31 Å². The number of carbonyl (C=O) groups excluding carboxylic acids is 1. The van der Waals surface area contributed by atoms with Crippen LogP contribution in [0.1, 0.15) is 6.92 Å². The number of hydrogen-bond acceptors (Lipinski definition) is 5. The van der Waals surface area contributed by atoms with E-state index in [0.29, 0.717) is 17.2 Å². The number of nitrogens with one attached hydrogen (secondary N) is 1. The molecule has 0 aromatic heterocycles. The van der Waals surface area contributed by atoms with E-state index in [2.05, 4.69) is 5.32 Å². The lowest BCUT2D eigenvalue weighted by atomic mass is 10.3. The van der Waals surface area contributed by atoms with Gasteiger partial charge in [-0.25, -0.2) is 12.8 Å². The summed E-state index contributed by atoms with van der Waals surface area (Å²) in [6, 6.07) is 19.1. The minimum atomic E-state index is -4.19. The number of halogens is 1. The quantitative estimate of drug-likeness (QED) is 0.518. The highest BCUT2D eigenvalue weighted by Crippen LogP contribution is 2.30. The predicted molar refractivity (Wildman–Crippen MR) is 119 cm³/mol. The number of nitrogens with zero attached hydrogens (tertiary/aromatic N) is 1. The van der Waals surface area contributed by atoms with Crippen LogP contribution in [0, 0.1) is 5.82 Å². The van der Waals surface area contributed by atoms with Gasteiger partial charge in [0.05, 0.1) is 19.3 Å². The molecule has 0 unspecified atom stereocenters. The van der Waals surface area contributed by atoms with Crippen LogP contribution < -0.4 is 14.8 Å². The van der Waals surface area contributed by atoms with E-state index in [9.17, 15) is 17.6 Å². The van der Waals surface area contributed by atoms with Gasteiger partial charge >= 0.3 is 0 Å². The monoisotopic (exact) mass is 458 g/mol. The van der Waals surface area contributed by atoms with Crippen molar-refractivity contribution in [3.8, 4) is 17.2 Å². The number of carbonyl (C=O) groups is 1. The Morgan fingerprint density at radius 2 is 1.69 bits per heavy atom. The van der Waals surface area contributed by atoms with Gasteiger partial charge in [0, 0.05) is 6.54 Å².